The van der Waals surface area contributed by atoms with Crippen LogP contribution in [0.25, 0.3) is 0 Å². The molecule has 2 rings (SSSR count). The molecular weight excluding hydrogens is 214 g/mol. The normalized spacial score (nSPS) is 28.1. The Bertz CT molecular complexity index is 471. The SMILES string of the molecule is CC1CN(C(=O)c2ccc(C#N)[nH]2)C(C)C1C. The predicted molar refractivity (Wildman–Crippen MR) is 64.3 cm³/mol. The first-order chi connectivity index (χ1) is 8.04. The Kier molecular flexibility index (Phi) is 2.93. The van der Waals surface area contributed by atoms with Crippen LogP contribution in [0.4, 0.5) is 0 Å². The smallest absolute Gasteiger partial charge is 0.270 e. The molecule has 1 aromatic heterocycles. The van der Waals surface area contributed by atoms with E-state index in [2.05, 4.69) is 25.8 Å². The van der Waals surface area contributed by atoms with Gasteiger partial charge in [0.15, 0.2) is 0 Å². The van der Waals surface area contributed by atoms with E-state index in [1.165, 1.54) is 0 Å². The van der Waals surface area contributed by atoms with Gasteiger partial charge in [0.05, 0.1) is 0 Å². The number of carbonyl (C=O) groups is 1. The van der Waals surface area contributed by atoms with Crippen molar-refractivity contribution < 1.29 is 4.79 Å². The first kappa shape index (κ1) is 11.7. The number of nitriles is 1. The van der Waals surface area contributed by atoms with Gasteiger partial charge in [-0.05, 0) is 30.9 Å². The molecule has 1 saturated heterocycles. The topological polar surface area (TPSA) is 59.9 Å². The fraction of sp³-hybridized carbons (Fsp3) is 0.538. The van der Waals surface area contributed by atoms with Crippen molar-refractivity contribution in [3.63, 3.8) is 0 Å². The fourth-order valence-corrected chi connectivity index (χ4v) is 2.41. The van der Waals surface area contributed by atoms with Gasteiger partial charge in [0.25, 0.3) is 5.91 Å². The van der Waals surface area contributed by atoms with Crippen LogP contribution in [0.1, 0.15) is 37.0 Å². The third kappa shape index (κ3) is 1.93. The van der Waals surface area contributed by atoms with Crippen LogP contribution in [0.15, 0.2) is 12.1 Å². The van der Waals surface area contributed by atoms with Gasteiger partial charge >= 0.3 is 0 Å². The monoisotopic (exact) mass is 231 g/mol. The molecule has 1 aliphatic heterocycles. The molecule has 2 heterocycles. The van der Waals surface area contributed by atoms with Crippen LogP contribution in [0.5, 0.6) is 0 Å². The number of rotatable bonds is 1. The fourth-order valence-electron chi connectivity index (χ4n) is 2.41. The van der Waals surface area contributed by atoms with Crippen molar-refractivity contribution in [2.45, 2.75) is 26.8 Å². The summed E-state index contributed by atoms with van der Waals surface area (Å²) in [7, 11) is 0. The van der Waals surface area contributed by atoms with E-state index in [0.29, 0.717) is 23.2 Å². The van der Waals surface area contributed by atoms with Crippen molar-refractivity contribution in [2.75, 3.05) is 6.54 Å². The van der Waals surface area contributed by atoms with Gasteiger partial charge in [0.2, 0.25) is 0 Å². The van der Waals surface area contributed by atoms with Crippen LogP contribution in [-0.4, -0.2) is 28.4 Å². The Labute approximate surface area is 101 Å². The van der Waals surface area contributed by atoms with Crippen LogP contribution in [0.3, 0.4) is 0 Å². The summed E-state index contributed by atoms with van der Waals surface area (Å²) in [4.78, 5) is 17.0. The van der Waals surface area contributed by atoms with Crippen molar-refractivity contribution in [1.29, 1.82) is 5.26 Å². The summed E-state index contributed by atoms with van der Waals surface area (Å²) in [5.41, 5.74) is 0.941. The average molecular weight is 231 g/mol. The maximum atomic E-state index is 12.3. The van der Waals surface area contributed by atoms with Gasteiger partial charge in [0.1, 0.15) is 17.5 Å². The van der Waals surface area contributed by atoms with Crippen molar-refractivity contribution in [1.82, 2.24) is 9.88 Å². The van der Waals surface area contributed by atoms with E-state index in [4.69, 9.17) is 5.26 Å². The van der Waals surface area contributed by atoms with E-state index in [-0.39, 0.29) is 11.9 Å². The molecule has 1 fully saturated rings. The zero-order valence-electron chi connectivity index (χ0n) is 10.4. The van der Waals surface area contributed by atoms with Gasteiger partial charge in [-0.2, -0.15) is 5.26 Å². The number of aromatic nitrogens is 1. The molecule has 1 aromatic rings. The van der Waals surface area contributed by atoms with Crippen molar-refractivity contribution >= 4 is 5.91 Å². The van der Waals surface area contributed by atoms with E-state index < -0.39 is 0 Å². The maximum absolute atomic E-state index is 12.3. The second-order valence-corrected chi connectivity index (χ2v) is 4.93. The highest BCUT2D eigenvalue weighted by Gasteiger charge is 2.36. The first-order valence-corrected chi connectivity index (χ1v) is 5.94. The second kappa shape index (κ2) is 4.25. The molecule has 0 saturated carbocycles. The molecule has 1 N–H and O–H groups in total. The van der Waals surface area contributed by atoms with Crippen LogP contribution < -0.4 is 0 Å². The van der Waals surface area contributed by atoms with Crippen molar-refractivity contribution in [3.8, 4) is 6.07 Å². The summed E-state index contributed by atoms with van der Waals surface area (Å²) >= 11 is 0. The summed E-state index contributed by atoms with van der Waals surface area (Å²) in [6.45, 7) is 7.23. The molecule has 0 radical (unpaired) electrons. The number of amides is 1. The zero-order chi connectivity index (χ0) is 12.6. The minimum atomic E-state index is -0.00444. The van der Waals surface area contributed by atoms with Gasteiger partial charge in [0, 0.05) is 12.6 Å². The van der Waals surface area contributed by atoms with Crippen molar-refractivity contribution in [2.24, 2.45) is 11.8 Å². The average Bonchev–Trinajstić information content (AvgIpc) is 2.89. The Morgan fingerprint density at radius 1 is 1.47 bits per heavy atom. The molecule has 0 bridgehead atoms. The third-order valence-electron chi connectivity index (χ3n) is 3.93. The van der Waals surface area contributed by atoms with Crippen LogP contribution in [-0.2, 0) is 0 Å². The van der Waals surface area contributed by atoms with Crippen LogP contribution >= 0.6 is 0 Å². The lowest BCUT2D eigenvalue weighted by Gasteiger charge is -2.22. The second-order valence-electron chi connectivity index (χ2n) is 4.93. The number of H-pyrrole nitrogens is 1. The Morgan fingerprint density at radius 2 is 2.18 bits per heavy atom. The molecule has 1 amide bonds. The van der Waals surface area contributed by atoms with Crippen molar-refractivity contribution in [3.05, 3.63) is 23.5 Å². The zero-order valence-corrected chi connectivity index (χ0v) is 10.4. The number of hydrogen-bond donors (Lipinski definition) is 1. The number of nitrogens with zero attached hydrogens (tertiary/aromatic N) is 2. The minimum absolute atomic E-state index is 0.00444. The third-order valence-corrected chi connectivity index (χ3v) is 3.93. The van der Waals surface area contributed by atoms with Crippen LogP contribution in [0, 0.1) is 23.2 Å². The Hall–Kier alpha value is -1.76. The van der Waals surface area contributed by atoms with Gasteiger partial charge in [-0.15, -0.1) is 0 Å². The minimum Gasteiger partial charge on any atom is -0.342 e. The van der Waals surface area contributed by atoms with Gasteiger partial charge in [-0.25, -0.2) is 0 Å². The Balaban J connectivity index is 2.19. The van der Waals surface area contributed by atoms with E-state index in [1.54, 1.807) is 12.1 Å². The predicted octanol–water partition coefficient (Wildman–Crippen LogP) is 2.00. The summed E-state index contributed by atoms with van der Waals surface area (Å²) < 4.78 is 0. The van der Waals surface area contributed by atoms with E-state index >= 15 is 0 Å². The number of likely N-dealkylation sites (tertiary alicyclic amines) is 1. The number of aromatic amines is 1. The highest BCUT2D eigenvalue weighted by atomic mass is 16.2. The molecule has 17 heavy (non-hydrogen) atoms. The highest BCUT2D eigenvalue weighted by molar-refractivity contribution is 5.93. The number of hydrogen-bond acceptors (Lipinski definition) is 2. The number of nitrogens with one attached hydrogen (secondary N) is 1. The quantitative estimate of drug-likeness (QED) is 0.803. The largest absolute Gasteiger partial charge is 0.342 e. The maximum Gasteiger partial charge on any atom is 0.270 e. The lowest BCUT2D eigenvalue weighted by atomic mass is 9.95. The lowest BCUT2D eigenvalue weighted by molar-refractivity contribution is 0.0728. The summed E-state index contributed by atoms with van der Waals surface area (Å²) in [6.07, 6.45) is 0. The lowest BCUT2D eigenvalue weighted by Crippen LogP contribution is -2.35. The molecule has 1 aliphatic rings. The number of carbonyl (C=O) groups excluding carboxylic acids is 1. The summed E-state index contributed by atoms with van der Waals surface area (Å²) in [5, 5.41) is 8.73. The van der Waals surface area contributed by atoms with E-state index in [1.807, 2.05) is 11.0 Å². The Morgan fingerprint density at radius 3 is 2.65 bits per heavy atom. The molecule has 0 spiro atoms. The van der Waals surface area contributed by atoms with Crippen LogP contribution in [0.2, 0.25) is 0 Å². The molecular formula is C13H17N3O. The summed E-state index contributed by atoms with van der Waals surface area (Å²) in [6, 6.07) is 5.57. The molecule has 0 aromatic carbocycles. The summed E-state index contributed by atoms with van der Waals surface area (Å²) in [5.74, 6) is 1.04. The molecule has 4 heteroatoms. The molecule has 3 unspecified atom stereocenters. The standard InChI is InChI=1S/C13H17N3O/c1-8-7-16(10(3)9(8)2)13(17)12-5-4-11(6-14)15-12/h4-5,8-10,15H,7H2,1-3H3. The molecule has 0 aliphatic carbocycles. The highest BCUT2D eigenvalue weighted by Crippen LogP contribution is 2.29. The van der Waals surface area contributed by atoms with E-state index in [9.17, 15) is 4.79 Å². The first-order valence-electron chi connectivity index (χ1n) is 5.94. The molecule has 90 valence electrons. The van der Waals surface area contributed by atoms with Gasteiger partial charge in [-0.1, -0.05) is 13.8 Å². The molecule has 4 nitrogen and oxygen atoms in total. The van der Waals surface area contributed by atoms with Gasteiger partial charge < -0.3 is 9.88 Å². The van der Waals surface area contributed by atoms with E-state index in [0.717, 1.165) is 6.54 Å². The molecule has 3 atom stereocenters. The van der Waals surface area contributed by atoms with Gasteiger partial charge in [-0.3, -0.25) is 4.79 Å².